The lowest BCUT2D eigenvalue weighted by molar-refractivity contribution is -0.274. The molecule has 4 rings (SSSR count). The second-order valence-electron chi connectivity index (χ2n) is 9.16. The molecule has 1 saturated heterocycles. The van der Waals surface area contributed by atoms with Crippen LogP contribution in [0.1, 0.15) is 19.8 Å². The van der Waals surface area contributed by atoms with E-state index in [2.05, 4.69) is 32.2 Å². The average Bonchev–Trinajstić information content (AvgIpc) is 3.23. The van der Waals surface area contributed by atoms with E-state index in [1.54, 1.807) is 7.05 Å². The quantitative estimate of drug-likeness (QED) is 0.449. The highest BCUT2D eigenvalue weighted by atomic mass is 32.1. The average molecular weight is 536 g/mol. The number of anilines is 2. The number of alkyl halides is 3. The third-order valence-corrected chi connectivity index (χ3v) is 7.27. The summed E-state index contributed by atoms with van der Waals surface area (Å²) in [6, 6.07) is 13.5. The second kappa shape index (κ2) is 10.9. The van der Waals surface area contributed by atoms with Crippen LogP contribution in [0, 0.1) is 0 Å². The first-order chi connectivity index (χ1) is 17.5. The van der Waals surface area contributed by atoms with Crippen LogP contribution >= 0.6 is 11.3 Å². The van der Waals surface area contributed by atoms with Crippen LogP contribution in [0.3, 0.4) is 0 Å². The van der Waals surface area contributed by atoms with E-state index < -0.39 is 12.3 Å². The minimum absolute atomic E-state index is 0.118. The van der Waals surface area contributed by atoms with Gasteiger partial charge in [0.1, 0.15) is 5.75 Å². The maximum atomic E-state index is 13.2. The number of amides is 2. The van der Waals surface area contributed by atoms with E-state index >= 15 is 0 Å². The number of hydrogen-bond donors (Lipinski definition) is 2. The maximum Gasteiger partial charge on any atom is 0.573 e. The normalized spacial score (nSPS) is 15.3. The van der Waals surface area contributed by atoms with Gasteiger partial charge in [0.05, 0.1) is 23.3 Å². The number of carbonyl (C=O) groups excluding carboxylic acids is 2. The lowest BCUT2D eigenvalue weighted by atomic mass is 9.88. The number of para-hydroxylation sites is 1. The molecule has 0 spiro atoms. The number of nitrogens with zero attached hydrogens (tertiary/aromatic N) is 3. The molecule has 12 heteroatoms. The maximum absolute atomic E-state index is 13.2. The van der Waals surface area contributed by atoms with Gasteiger partial charge in [-0.05, 0) is 57.1 Å². The zero-order chi connectivity index (χ0) is 26.6. The molecule has 0 aliphatic carbocycles. The van der Waals surface area contributed by atoms with Crippen LogP contribution in [-0.2, 0) is 9.59 Å². The number of benzene rings is 2. The van der Waals surface area contributed by atoms with Crippen LogP contribution in [0.5, 0.6) is 5.75 Å². The first-order valence-electron chi connectivity index (χ1n) is 11.8. The number of nitrogens with one attached hydrogen (secondary N) is 2. The summed E-state index contributed by atoms with van der Waals surface area (Å²) in [6.07, 6.45) is -3.03. The molecule has 3 aromatic rings. The summed E-state index contributed by atoms with van der Waals surface area (Å²) in [7, 11) is 1.56. The first-order valence-corrected chi connectivity index (χ1v) is 12.6. The lowest BCUT2D eigenvalue weighted by Crippen LogP contribution is -2.56. The van der Waals surface area contributed by atoms with Crippen LogP contribution < -0.4 is 20.3 Å². The van der Waals surface area contributed by atoms with E-state index in [-0.39, 0.29) is 35.4 Å². The molecule has 2 aromatic carbocycles. The van der Waals surface area contributed by atoms with Crippen molar-refractivity contribution in [1.82, 2.24) is 15.2 Å². The molecule has 1 aromatic heterocycles. The summed E-state index contributed by atoms with van der Waals surface area (Å²) in [4.78, 5) is 33.5. The Morgan fingerprint density at radius 2 is 1.84 bits per heavy atom. The van der Waals surface area contributed by atoms with Crippen LogP contribution in [0.2, 0.25) is 0 Å². The molecule has 2 amide bonds. The first kappa shape index (κ1) is 26.7. The predicted octanol–water partition coefficient (Wildman–Crippen LogP) is 4.24. The zero-order valence-electron chi connectivity index (χ0n) is 20.5. The molecule has 198 valence electrons. The number of aromatic nitrogens is 1. The van der Waals surface area contributed by atoms with Gasteiger partial charge in [0.25, 0.3) is 0 Å². The van der Waals surface area contributed by atoms with Crippen molar-refractivity contribution in [3.8, 4) is 5.75 Å². The van der Waals surface area contributed by atoms with Crippen molar-refractivity contribution in [2.24, 2.45) is 0 Å². The highest BCUT2D eigenvalue weighted by Gasteiger charge is 2.35. The number of fused-ring (bicyclic) bond motifs is 1. The molecule has 0 atom stereocenters. The zero-order valence-corrected chi connectivity index (χ0v) is 21.3. The molecular weight excluding hydrogens is 507 g/mol. The third-order valence-electron chi connectivity index (χ3n) is 6.34. The van der Waals surface area contributed by atoms with Gasteiger partial charge < -0.3 is 25.2 Å². The molecule has 0 unspecified atom stereocenters. The van der Waals surface area contributed by atoms with Crippen molar-refractivity contribution < 1.29 is 27.5 Å². The van der Waals surface area contributed by atoms with Crippen molar-refractivity contribution >= 4 is 44.2 Å². The number of piperidine rings is 1. The summed E-state index contributed by atoms with van der Waals surface area (Å²) < 4.78 is 41.8. The number of carbonyl (C=O) groups is 2. The summed E-state index contributed by atoms with van der Waals surface area (Å²) >= 11 is 1.02. The minimum atomic E-state index is -4.80. The Morgan fingerprint density at radius 1 is 1.14 bits per heavy atom. The van der Waals surface area contributed by atoms with Gasteiger partial charge in [-0.15, -0.1) is 13.2 Å². The Labute approximate surface area is 216 Å². The Bertz CT molecular complexity index is 1250. The van der Waals surface area contributed by atoms with Gasteiger partial charge in [-0.25, -0.2) is 4.98 Å². The monoisotopic (exact) mass is 535 g/mol. The fourth-order valence-electron chi connectivity index (χ4n) is 4.31. The van der Waals surface area contributed by atoms with Crippen molar-refractivity contribution in [3.05, 3.63) is 48.5 Å². The second-order valence-corrected chi connectivity index (χ2v) is 10.2. The number of rotatable bonds is 8. The van der Waals surface area contributed by atoms with Gasteiger partial charge >= 0.3 is 6.36 Å². The molecule has 37 heavy (non-hydrogen) atoms. The van der Waals surface area contributed by atoms with E-state index in [9.17, 15) is 22.8 Å². The number of ether oxygens (including phenoxy) is 1. The SMILES string of the molecule is CN(CC(=O)Nc1nc2ccc(OC(F)(F)F)cc2s1)C(=O)CN(c1ccccc1)C1(C)CCNCC1. The van der Waals surface area contributed by atoms with Crippen LogP contribution in [0.4, 0.5) is 24.0 Å². The summed E-state index contributed by atoms with van der Waals surface area (Å²) in [6.45, 7) is 3.79. The molecule has 1 fully saturated rings. The van der Waals surface area contributed by atoms with Crippen molar-refractivity contribution in [2.45, 2.75) is 31.7 Å². The molecule has 0 bridgehead atoms. The van der Waals surface area contributed by atoms with Crippen molar-refractivity contribution in [1.29, 1.82) is 0 Å². The van der Waals surface area contributed by atoms with Gasteiger partial charge in [-0.1, -0.05) is 29.5 Å². The molecule has 8 nitrogen and oxygen atoms in total. The van der Waals surface area contributed by atoms with Gasteiger partial charge in [0.15, 0.2) is 5.13 Å². The fourth-order valence-corrected chi connectivity index (χ4v) is 5.22. The third kappa shape index (κ3) is 6.89. The molecule has 0 saturated carbocycles. The molecule has 2 N–H and O–H groups in total. The molecule has 1 aliphatic heterocycles. The number of halogens is 3. The van der Waals surface area contributed by atoms with Crippen LogP contribution in [0.15, 0.2) is 48.5 Å². The molecule has 1 aliphatic rings. The fraction of sp³-hybridized carbons (Fsp3) is 0.400. The molecule has 0 radical (unpaired) electrons. The van der Waals surface area contributed by atoms with Gasteiger partial charge in [0.2, 0.25) is 11.8 Å². The highest BCUT2D eigenvalue weighted by Crippen LogP contribution is 2.32. The number of thiazole rings is 1. The van der Waals surface area contributed by atoms with Crippen LogP contribution in [0.25, 0.3) is 10.2 Å². The Hall–Kier alpha value is -3.38. The van der Waals surface area contributed by atoms with Gasteiger partial charge in [-0.2, -0.15) is 0 Å². The largest absolute Gasteiger partial charge is 0.573 e. The Morgan fingerprint density at radius 3 is 2.51 bits per heavy atom. The lowest BCUT2D eigenvalue weighted by Gasteiger charge is -2.45. The van der Waals surface area contributed by atoms with E-state index in [1.165, 1.54) is 17.0 Å². The van der Waals surface area contributed by atoms with Crippen LogP contribution in [-0.4, -0.2) is 66.8 Å². The minimum Gasteiger partial charge on any atom is -0.406 e. The Kier molecular flexibility index (Phi) is 7.88. The highest BCUT2D eigenvalue weighted by molar-refractivity contribution is 7.22. The van der Waals surface area contributed by atoms with Gasteiger partial charge in [-0.3, -0.25) is 9.59 Å². The number of hydrogen-bond acceptors (Lipinski definition) is 7. The van der Waals surface area contributed by atoms with Crippen molar-refractivity contribution in [2.75, 3.05) is 43.4 Å². The van der Waals surface area contributed by atoms with Gasteiger partial charge in [0, 0.05) is 24.3 Å². The standard InChI is InChI=1S/C25H28F3N5O3S/c1-24(10-12-29-13-11-24)33(17-6-4-3-5-7-17)16-22(35)32(2)15-21(34)31-23-30-19-9-8-18(14-20(19)37-23)36-25(26,27)28/h3-9,14,29H,10-13,15-16H2,1-2H3,(H,30,31,34). The van der Waals surface area contributed by atoms with E-state index in [1.807, 2.05) is 30.3 Å². The smallest absolute Gasteiger partial charge is 0.406 e. The van der Waals surface area contributed by atoms with E-state index in [4.69, 9.17) is 0 Å². The predicted molar refractivity (Wildman–Crippen MR) is 137 cm³/mol. The topological polar surface area (TPSA) is 86.8 Å². The summed E-state index contributed by atoms with van der Waals surface area (Å²) in [5.74, 6) is -1.03. The van der Waals surface area contributed by atoms with E-state index in [0.717, 1.165) is 49.0 Å². The summed E-state index contributed by atoms with van der Waals surface area (Å²) in [5.41, 5.74) is 1.16. The van der Waals surface area contributed by atoms with E-state index in [0.29, 0.717) is 10.2 Å². The summed E-state index contributed by atoms with van der Waals surface area (Å²) in [5, 5.41) is 6.21. The van der Waals surface area contributed by atoms with Crippen molar-refractivity contribution in [3.63, 3.8) is 0 Å². The number of likely N-dealkylation sites (N-methyl/N-ethyl adjacent to an activating group) is 1. The Balaban J connectivity index is 1.39. The molecular formula is C25H28F3N5O3S. The molecule has 2 heterocycles.